The lowest BCUT2D eigenvalue weighted by Crippen LogP contribution is -2.13. The van der Waals surface area contributed by atoms with Gasteiger partial charge in [0, 0.05) is 25.6 Å². The van der Waals surface area contributed by atoms with E-state index in [1.54, 1.807) is 12.1 Å². The van der Waals surface area contributed by atoms with E-state index in [4.69, 9.17) is 9.47 Å². The molecular weight excluding hydrogens is 272 g/mol. The van der Waals surface area contributed by atoms with E-state index in [0.29, 0.717) is 18.9 Å². The Bertz CT molecular complexity index is 473. The zero-order valence-corrected chi connectivity index (χ0v) is 12.3. The van der Waals surface area contributed by atoms with E-state index in [2.05, 4.69) is 5.32 Å². The summed E-state index contributed by atoms with van der Waals surface area (Å²) >= 11 is 0. The number of ether oxygens (including phenoxy) is 2. The standard InChI is InChI=1S/C15H22N2O4/c1-2-16-11-12-5-6-15(14(10-12)17(18)19)21-9-7-13-4-3-8-20-13/h5-6,10,13,16H,2-4,7-9,11H2,1H3. The van der Waals surface area contributed by atoms with Crippen molar-refractivity contribution in [2.75, 3.05) is 19.8 Å². The Labute approximate surface area is 124 Å². The Balaban J connectivity index is 1.95. The van der Waals surface area contributed by atoms with Crippen molar-refractivity contribution in [2.24, 2.45) is 0 Å². The van der Waals surface area contributed by atoms with Gasteiger partial charge in [0.2, 0.25) is 0 Å². The third-order valence-electron chi connectivity index (χ3n) is 3.52. The molecule has 1 N–H and O–H groups in total. The zero-order valence-electron chi connectivity index (χ0n) is 12.3. The predicted octanol–water partition coefficient (Wildman–Crippen LogP) is 2.65. The van der Waals surface area contributed by atoms with E-state index in [0.717, 1.165) is 38.0 Å². The monoisotopic (exact) mass is 294 g/mol. The second-order valence-corrected chi connectivity index (χ2v) is 5.11. The van der Waals surface area contributed by atoms with Crippen molar-refractivity contribution in [1.82, 2.24) is 5.32 Å². The van der Waals surface area contributed by atoms with E-state index in [-0.39, 0.29) is 11.8 Å². The summed E-state index contributed by atoms with van der Waals surface area (Å²) < 4.78 is 11.1. The minimum Gasteiger partial charge on any atom is -0.487 e. The highest BCUT2D eigenvalue weighted by Crippen LogP contribution is 2.28. The van der Waals surface area contributed by atoms with E-state index < -0.39 is 4.92 Å². The normalized spacial score (nSPS) is 17.9. The van der Waals surface area contributed by atoms with Gasteiger partial charge >= 0.3 is 5.69 Å². The van der Waals surface area contributed by atoms with Crippen LogP contribution in [-0.4, -0.2) is 30.8 Å². The minimum atomic E-state index is -0.392. The van der Waals surface area contributed by atoms with Crippen molar-refractivity contribution >= 4 is 5.69 Å². The third kappa shape index (κ3) is 4.68. The van der Waals surface area contributed by atoms with Gasteiger partial charge < -0.3 is 14.8 Å². The molecule has 1 atom stereocenters. The molecule has 1 aliphatic rings. The Kier molecular flexibility index (Phi) is 5.95. The van der Waals surface area contributed by atoms with E-state index in [1.807, 2.05) is 13.0 Å². The third-order valence-corrected chi connectivity index (χ3v) is 3.52. The summed E-state index contributed by atoms with van der Waals surface area (Å²) in [6, 6.07) is 5.11. The predicted molar refractivity (Wildman–Crippen MR) is 79.6 cm³/mol. The van der Waals surface area contributed by atoms with Crippen LogP contribution in [-0.2, 0) is 11.3 Å². The van der Waals surface area contributed by atoms with Gasteiger partial charge in [0.15, 0.2) is 5.75 Å². The van der Waals surface area contributed by atoms with Crippen molar-refractivity contribution in [3.05, 3.63) is 33.9 Å². The first-order valence-corrected chi connectivity index (χ1v) is 7.43. The number of hydrogen-bond acceptors (Lipinski definition) is 5. The molecule has 1 heterocycles. The van der Waals surface area contributed by atoms with E-state index >= 15 is 0 Å². The van der Waals surface area contributed by atoms with Gasteiger partial charge in [0.05, 0.1) is 17.6 Å². The molecule has 2 rings (SSSR count). The maximum absolute atomic E-state index is 11.1. The average Bonchev–Trinajstić information content (AvgIpc) is 2.99. The van der Waals surface area contributed by atoms with Crippen molar-refractivity contribution in [3.8, 4) is 5.75 Å². The van der Waals surface area contributed by atoms with Gasteiger partial charge in [-0.15, -0.1) is 0 Å². The molecule has 1 aromatic carbocycles. The number of hydrogen-bond donors (Lipinski definition) is 1. The fourth-order valence-corrected chi connectivity index (χ4v) is 2.38. The van der Waals surface area contributed by atoms with Crippen molar-refractivity contribution in [3.63, 3.8) is 0 Å². The van der Waals surface area contributed by atoms with Gasteiger partial charge in [-0.25, -0.2) is 0 Å². The molecule has 0 bridgehead atoms. The van der Waals surface area contributed by atoms with Crippen LogP contribution < -0.4 is 10.1 Å². The first-order chi connectivity index (χ1) is 10.2. The molecule has 0 amide bonds. The molecule has 1 fully saturated rings. The van der Waals surface area contributed by atoms with Crippen LogP contribution in [0.3, 0.4) is 0 Å². The molecule has 0 radical (unpaired) electrons. The van der Waals surface area contributed by atoms with Crippen molar-refractivity contribution < 1.29 is 14.4 Å². The maximum atomic E-state index is 11.1. The number of nitro benzene ring substituents is 1. The van der Waals surface area contributed by atoms with Gasteiger partial charge in [-0.3, -0.25) is 10.1 Å². The molecule has 21 heavy (non-hydrogen) atoms. The summed E-state index contributed by atoms with van der Waals surface area (Å²) in [5.41, 5.74) is 0.910. The highest BCUT2D eigenvalue weighted by atomic mass is 16.6. The Morgan fingerprint density at radius 1 is 1.52 bits per heavy atom. The molecule has 0 aliphatic carbocycles. The highest BCUT2D eigenvalue weighted by Gasteiger charge is 2.18. The molecular formula is C15H22N2O4. The van der Waals surface area contributed by atoms with Gasteiger partial charge in [-0.05, 0) is 31.0 Å². The van der Waals surface area contributed by atoms with Crippen molar-refractivity contribution in [2.45, 2.75) is 38.8 Å². The SMILES string of the molecule is CCNCc1ccc(OCCC2CCCO2)c([N+](=O)[O-])c1. The summed E-state index contributed by atoms with van der Waals surface area (Å²) in [6.45, 7) is 4.69. The maximum Gasteiger partial charge on any atom is 0.311 e. The van der Waals surface area contributed by atoms with Crippen LogP contribution >= 0.6 is 0 Å². The Morgan fingerprint density at radius 2 is 2.38 bits per heavy atom. The molecule has 1 unspecified atom stereocenters. The van der Waals surface area contributed by atoms with E-state index in [1.165, 1.54) is 0 Å². The highest BCUT2D eigenvalue weighted by molar-refractivity contribution is 5.48. The summed E-state index contributed by atoms with van der Waals surface area (Å²) in [7, 11) is 0. The average molecular weight is 294 g/mol. The van der Waals surface area contributed by atoms with E-state index in [9.17, 15) is 10.1 Å². The summed E-state index contributed by atoms with van der Waals surface area (Å²) in [6.07, 6.45) is 3.14. The molecule has 1 saturated heterocycles. The van der Waals surface area contributed by atoms with Crippen LogP contribution in [0.4, 0.5) is 5.69 Å². The van der Waals surface area contributed by atoms with Gasteiger partial charge in [0.25, 0.3) is 0 Å². The van der Waals surface area contributed by atoms with Crippen LogP contribution in [0.25, 0.3) is 0 Å². The number of nitrogens with one attached hydrogen (secondary N) is 1. The number of rotatable bonds is 8. The topological polar surface area (TPSA) is 73.6 Å². The first-order valence-electron chi connectivity index (χ1n) is 7.43. The summed E-state index contributed by atoms with van der Waals surface area (Å²) in [5, 5.41) is 14.3. The molecule has 0 spiro atoms. The molecule has 6 heteroatoms. The Morgan fingerprint density at radius 3 is 3.05 bits per heavy atom. The molecule has 6 nitrogen and oxygen atoms in total. The molecule has 0 aromatic heterocycles. The summed E-state index contributed by atoms with van der Waals surface area (Å²) in [4.78, 5) is 10.8. The van der Waals surface area contributed by atoms with Gasteiger partial charge in [0.1, 0.15) is 0 Å². The lowest BCUT2D eigenvalue weighted by atomic mass is 10.2. The second-order valence-electron chi connectivity index (χ2n) is 5.11. The van der Waals surface area contributed by atoms with Gasteiger partial charge in [-0.1, -0.05) is 13.0 Å². The van der Waals surface area contributed by atoms with Crippen LogP contribution in [0.2, 0.25) is 0 Å². The number of nitro groups is 1. The molecule has 0 saturated carbocycles. The smallest absolute Gasteiger partial charge is 0.311 e. The fraction of sp³-hybridized carbons (Fsp3) is 0.600. The number of benzene rings is 1. The second kappa shape index (κ2) is 7.95. The minimum absolute atomic E-state index is 0.0257. The largest absolute Gasteiger partial charge is 0.487 e. The summed E-state index contributed by atoms with van der Waals surface area (Å²) in [5.74, 6) is 0.332. The Hall–Kier alpha value is -1.66. The van der Waals surface area contributed by atoms with Crippen LogP contribution in [0.15, 0.2) is 18.2 Å². The van der Waals surface area contributed by atoms with Crippen LogP contribution in [0, 0.1) is 10.1 Å². The lowest BCUT2D eigenvalue weighted by Gasteiger charge is -2.11. The van der Waals surface area contributed by atoms with Gasteiger partial charge in [-0.2, -0.15) is 0 Å². The first kappa shape index (κ1) is 15.7. The quantitative estimate of drug-likeness (QED) is 0.589. The number of nitrogens with zero attached hydrogens (tertiary/aromatic N) is 1. The lowest BCUT2D eigenvalue weighted by molar-refractivity contribution is -0.385. The molecule has 1 aliphatic heterocycles. The fourth-order valence-electron chi connectivity index (χ4n) is 2.38. The van der Waals surface area contributed by atoms with Crippen molar-refractivity contribution in [1.29, 1.82) is 0 Å². The zero-order chi connectivity index (χ0) is 15.1. The van der Waals surface area contributed by atoms with Crippen LogP contribution in [0.1, 0.15) is 31.7 Å². The molecule has 116 valence electrons. The molecule has 1 aromatic rings. The van der Waals surface area contributed by atoms with Crippen LogP contribution in [0.5, 0.6) is 5.75 Å².